The Morgan fingerprint density at radius 1 is 1.29 bits per heavy atom. The standard InChI is InChI=1S/C17H24N4O3/c1-11-10-13(21-8-9-24-16(21)23)19-14(18-11)12-6-5-7-20(12)15(22)17(2,3)4/h10,12H,5-9H2,1-4H3/t12-/m0/s1. The second-order valence-corrected chi connectivity index (χ2v) is 7.40. The molecule has 1 atom stereocenters. The van der Waals surface area contributed by atoms with E-state index in [0.29, 0.717) is 24.8 Å². The zero-order chi connectivity index (χ0) is 17.5. The number of hydrogen-bond acceptors (Lipinski definition) is 5. The number of likely N-dealkylation sites (tertiary alicyclic amines) is 1. The minimum Gasteiger partial charge on any atom is -0.447 e. The van der Waals surface area contributed by atoms with Crippen LogP contribution in [0.2, 0.25) is 0 Å². The fourth-order valence-electron chi connectivity index (χ4n) is 3.17. The molecule has 0 N–H and O–H groups in total. The fraction of sp³-hybridized carbons (Fsp3) is 0.647. The van der Waals surface area contributed by atoms with Crippen LogP contribution in [0.15, 0.2) is 6.07 Å². The van der Waals surface area contributed by atoms with Crippen molar-refractivity contribution in [3.05, 3.63) is 17.6 Å². The number of aromatic nitrogens is 2. The van der Waals surface area contributed by atoms with Crippen molar-refractivity contribution in [3.8, 4) is 0 Å². The van der Waals surface area contributed by atoms with Gasteiger partial charge in [-0.2, -0.15) is 0 Å². The van der Waals surface area contributed by atoms with Gasteiger partial charge in [-0.25, -0.2) is 14.8 Å². The van der Waals surface area contributed by atoms with E-state index >= 15 is 0 Å². The van der Waals surface area contributed by atoms with E-state index < -0.39 is 5.41 Å². The highest BCUT2D eigenvalue weighted by Crippen LogP contribution is 2.34. The highest BCUT2D eigenvalue weighted by molar-refractivity contribution is 5.88. The van der Waals surface area contributed by atoms with Crippen LogP contribution in [0.25, 0.3) is 0 Å². The van der Waals surface area contributed by atoms with E-state index in [2.05, 4.69) is 9.97 Å². The second kappa shape index (κ2) is 6.03. The average Bonchev–Trinajstić information content (AvgIpc) is 3.13. The number of rotatable bonds is 2. The van der Waals surface area contributed by atoms with Gasteiger partial charge in [-0.05, 0) is 19.8 Å². The summed E-state index contributed by atoms with van der Waals surface area (Å²) in [6.45, 7) is 9.23. The molecule has 7 nitrogen and oxygen atoms in total. The molecule has 0 aromatic carbocycles. The molecule has 0 saturated carbocycles. The lowest BCUT2D eigenvalue weighted by Gasteiger charge is -2.30. The van der Waals surface area contributed by atoms with Gasteiger partial charge in [0, 0.05) is 23.7 Å². The minimum absolute atomic E-state index is 0.109. The molecular formula is C17H24N4O3. The second-order valence-electron chi connectivity index (χ2n) is 7.40. The summed E-state index contributed by atoms with van der Waals surface area (Å²) < 4.78 is 4.99. The van der Waals surface area contributed by atoms with Crippen molar-refractivity contribution >= 4 is 17.8 Å². The molecule has 1 aromatic heterocycles. The Morgan fingerprint density at radius 2 is 2.04 bits per heavy atom. The quantitative estimate of drug-likeness (QED) is 0.831. The third kappa shape index (κ3) is 3.07. The Balaban J connectivity index is 1.92. The predicted octanol–water partition coefficient (Wildman–Crippen LogP) is 2.45. The van der Waals surface area contributed by atoms with Crippen molar-refractivity contribution in [2.45, 2.75) is 46.6 Å². The molecule has 130 valence electrons. The van der Waals surface area contributed by atoms with Crippen LogP contribution in [0.1, 0.15) is 51.2 Å². The molecule has 0 bridgehead atoms. The Labute approximate surface area is 142 Å². The number of amides is 2. The molecule has 3 rings (SSSR count). The highest BCUT2D eigenvalue weighted by atomic mass is 16.6. The van der Waals surface area contributed by atoms with Gasteiger partial charge < -0.3 is 9.64 Å². The van der Waals surface area contributed by atoms with Gasteiger partial charge in [0.2, 0.25) is 5.91 Å². The first kappa shape index (κ1) is 16.7. The molecule has 0 radical (unpaired) electrons. The van der Waals surface area contributed by atoms with Crippen LogP contribution in [0.4, 0.5) is 10.6 Å². The van der Waals surface area contributed by atoms with Crippen LogP contribution >= 0.6 is 0 Å². The smallest absolute Gasteiger partial charge is 0.415 e. The summed E-state index contributed by atoms with van der Waals surface area (Å²) >= 11 is 0. The number of anilines is 1. The van der Waals surface area contributed by atoms with Gasteiger partial charge in [-0.15, -0.1) is 0 Å². The maximum Gasteiger partial charge on any atom is 0.415 e. The van der Waals surface area contributed by atoms with Gasteiger partial charge in [0.05, 0.1) is 12.6 Å². The Morgan fingerprint density at radius 3 is 2.67 bits per heavy atom. The lowest BCUT2D eigenvalue weighted by molar-refractivity contribution is -0.140. The van der Waals surface area contributed by atoms with Crippen LogP contribution in [-0.2, 0) is 9.53 Å². The number of ether oxygens (including phenoxy) is 1. The zero-order valence-electron chi connectivity index (χ0n) is 14.7. The Hall–Kier alpha value is -2.18. The third-order valence-corrected chi connectivity index (χ3v) is 4.35. The van der Waals surface area contributed by atoms with E-state index in [0.717, 1.165) is 25.1 Å². The van der Waals surface area contributed by atoms with Crippen molar-refractivity contribution in [1.82, 2.24) is 14.9 Å². The lowest BCUT2D eigenvalue weighted by Crippen LogP contribution is -2.39. The van der Waals surface area contributed by atoms with E-state index in [1.807, 2.05) is 32.6 Å². The Bertz CT molecular complexity index is 668. The van der Waals surface area contributed by atoms with Crippen LogP contribution in [0, 0.1) is 12.3 Å². The molecule has 2 saturated heterocycles. The average molecular weight is 332 g/mol. The first-order chi connectivity index (χ1) is 11.3. The largest absolute Gasteiger partial charge is 0.447 e. The van der Waals surface area contributed by atoms with Crippen molar-refractivity contribution < 1.29 is 14.3 Å². The first-order valence-corrected chi connectivity index (χ1v) is 8.38. The number of carbonyl (C=O) groups is 2. The molecule has 3 heterocycles. The molecule has 0 unspecified atom stereocenters. The van der Waals surface area contributed by atoms with Crippen LogP contribution in [0.3, 0.4) is 0 Å². The maximum absolute atomic E-state index is 12.7. The van der Waals surface area contributed by atoms with Gasteiger partial charge >= 0.3 is 6.09 Å². The fourth-order valence-corrected chi connectivity index (χ4v) is 3.17. The predicted molar refractivity (Wildman–Crippen MR) is 88.6 cm³/mol. The van der Waals surface area contributed by atoms with Crippen LogP contribution in [0.5, 0.6) is 0 Å². The molecule has 1 aromatic rings. The number of hydrogen-bond donors (Lipinski definition) is 0. The van der Waals surface area contributed by atoms with E-state index in [4.69, 9.17) is 4.74 Å². The highest BCUT2D eigenvalue weighted by Gasteiger charge is 2.37. The molecule has 2 aliphatic rings. The summed E-state index contributed by atoms with van der Waals surface area (Å²) in [7, 11) is 0. The molecule has 2 amide bonds. The monoisotopic (exact) mass is 332 g/mol. The lowest BCUT2D eigenvalue weighted by atomic mass is 9.94. The summed E-state index contributed by atoms with van der Waals surface area (Å²) in [6, 6.07) is 1.65. The molecule has 0 spiro atoms. The van der Waals surface area contributed by atoms with Gasteiger partial charge in [-0.3, -0.25) is 9.69 Å². The first-order valence-electron chi connectivity index (χ1n) is 8.38. The SMILES string of the molecule is Cc1cc(N2CCOC2=O)nc([C@@H]2CCCN2C(=O)C(C)(C)C)n1. The van der Waals surface area contributed by atoms with Crippen molar-refractivity contribution in [2.24, 2.45) is 5.41 Å². The van der Waals surface area contributed by atoms with E-state index in [9.17, 15) is 9.59 Å². The summed E-state index contributed by atoms with van der Waals surface area (Å²) in [5.41, 5.74) is 0.346. The van der Waals surface area contributed by atoms with Gasteiger partial charge in [0.25, 0.3) is 0 Å². The van der Waals surface area contributed by atoms with Crippen molar-refractivity contribution in [3.63, 3.8) is 0 Å². The molecule has 2 fully saturated rings. The minimum atomic E-state index is -0.437. The number of cyclic esters (lactones) is 1. The summed E-state index contributed by atoms with van der Waals surface area (Å²) in [5, 5.41) is 0. The molecular weight excluding hydrogens is 308 g/mol. The molecule has 0 aliphatic carbocycles. The maximum atomic E-state index is 12.7. The van der Waals surface area contributed by atoms with Crippen LogP contribution in [-0.4, -0.2) is 46.6 Å². The van der Waals surface area contributed by atoms with E-state index in [1.54, 1.807) is 6.07 Å². The zero-order valence-corrected chi connectivity index (χ0v) is 14.7. The van der Waals surface area contributed by atoms with E-state index in [1.165, 1.54) is 4.90 Å². The number of carbonyl (C=O) groups excluding carboxylic acids is 2. The summed E-state index contributed by atoms with van der Waals surface area (Å²) in [5.74, 6) is 1.27. The van der Waals surface area contributed by atoms with Gasteiger partial charge in [0.1, 0.15) is 12.4 Å². The molecule has 7 heteroatoms. The van der Waals surface area contributed by atoms with Crippen molar-refractivity contribution in [2.75, 3.05) is 24.6 Å². The van der Waals surface area contributed by atoms with E-state index in [-0.39, 0.29) is 18.0 Å². The summed E-state index contributed by atoms with van der Waals surface area (Å²) in [6.07, 6.45) is 1.40. The van der Waals surface area contributed by atoms with Crippen molar-refractivity contribution in [1.29, 1.82) is 0 Å². The molecule has 2 aliphatic heterocycles. The summed E-state index contributed by atoms with van der Waals surface area (Å²) in [4.78, 5) is 37.0. The molecule has 24 heavy (non-hydrogen) atoms. The van der Waals surface area contributed by atoms with Gasteiger partial charge in [0.15, 0.2) is 5.82 Å². The number of nitrogens with zero attached hydrogens (tertiary/aromatic N) is 4. The van der Waals surface area contributed by atoms with Crippen LogP contribution < -0.4 is 4.90 Å². The normalized spacial score (nSPS) is 21.3. The third-order valence-electron chi connectivity index (χ3n) is 4.35. The number of aryl methyl sites for hydroxylation is 1. The Kier molecular flexibility index (Phi) is 4.19. The van der Waals surface area contributed by atoms with Gasteiger partial charge in [-0.1, -0.05) is 20.8 Å². The topological polar surface area (TPSA) is 75.6 Å².